The molecule has 160 valence electrons. The van der Waals surface area contributed by atoms with Gasteiger partial charge in [-0.1, -0.05) is 36.4 Å². The number of ether oxygens (including phenoxy) is 4. The summed E-state index contributed by atoms with van der Waals surface area (Å²) in [4.78, 5) is 0. The Morgan fingerprint density at radius 1 is 0.677 bits per heavy atom. The maximum Gasteiger partial charge on any atom is 0.204 e. The van der Waals surface area contributed by atoms with Crippen LogP contribution in [0.4, 0.5) is 0 Å². The van der Waals surface area contributed by atoms with E-state index in [1.807, 2.05) is 72.8 Å². The van der Waals surface area contributed by atoms with Crippen molar-refractivity contribution < 1.29 is 18.9 Å². The van der Waals surface area contributed by atoms with Crippen molar-refractivity contribution >= 4 is 0 Å². The first-order valence-electron chi connectivity index (χ1n) is 10.1. The Morgan fingerprint density at radius 3 is 1.87 bits per heavy atom. The molecule has 3 aromatic carbocycles. The van der Waals surface area contributed by atoms with Crippen molar-refractivity contribution in [3.05, 3.63) is 103 Å². The van der Waals surface area contributed by atoms with Crippen LogP contribution in [0.15, 0.2) is 86.0 Å². The van der Waals surface area contributed by atoms with E-state index in [0.717, 1.165) is 29.0 Å². The molecule has 0 aliphatic rings. The normalized spacial score (nSPS) is 10.3. The van der Waals surface area contributed by atoms with Gasteiger partial charge in [-0.05, 0) is 65.9 Å². The molecule has 0 spiro atoms. The van der Waals surface area contributed by atoms with E-state index in [0.29, 0.717) is 30.3 Å². The number of rotatable bonds is 11. The first kappa shape index (κ1) is 22.0. The highest BCUT2D eigenvalue weighted by Gasteiger charge is 2.16. The monoisotopic (exact) mass is 416 g/mol. The van der Waals surface area contributed by atoms with Crippen molar-refractivity contribution in [2.45, 2.75) is 19.4 Å². The van der Waals surface area contributed by atoms with E-state index in [4.69, 9.17) is 18.9 Å². The summed E-state index contributed by atoms with van der Waals surface area (Å²) in [5, 5.41) is 0. The van der Waals surface area contributed by atoms with Crippen molar-refractivity contribution in [3.63, 3.8) is 0 Å². The Labute approximate surface area is 184 Å². The molecule has 0 heterocycles. The second-order valence-corrected chi connectivity index (χ2v) is 6.99. The lowest BCUT2D eigenvalue weighted by Gasteiger charge is -2.17. The zero-order valence-electron chi connectivity index (χ0n) is 18.1. The molecule has 4 nitrogen and oxygen atoms in total. The van der Waals surface area contributed by atoms with Gasteiger partial charge >= 0.3 is 0 Å². The fourth-order valence-electron chi connectivity index (χ4n) is 3.15. The highest BCUT2D eigenvalue weighted by atomic mass is 16.5. The second-order valence-electron chi connectivity index (χ2n) is 6.99. The van der Waals surface area contributed by atoms with Crippen molar-refractivity contribution in [1.82, 2.24) is 0 Å². The van der Waals surface area contributed by atoms with Gasteiger partial charge in [0.05, 0.1) is 14.2 Å². The highest BCUT2D eigenvalue weighted by Crippen LogP contribution is 2.41. The summed E-state index contributed by atoms with van der Waals surface area (Å²) in [5.74, 6) is 3.30. The van der Waals surface area contributed by atoms with Crippen LogP contribution in [-0.4, -0.2) is 14.2 Å². The number of hydrogen-bond acceptors (Lipinski definition) is 4. The van der Waals surface area contributed by atoms with Crippen molar-refractivity contribution in [2.75, 3.05) is 14.2 Å². The molecule has 0 saturated carbocycles. The number of methoxy groups -OCH3 is 2. The van der Waals surface area contributed by atoms with Crippen LogP contribution in [0.25, 0.3) is 0 Å². The maximum atomic E-state index is 6.21. The van der Waals surface area contributed by atoms with Gasteiger partial charge in [0.1, 0.15) is 18.1 Å². The van der Waals surface area contributed by atoms with E-state index in [1.165, 1.54) is 5.56 Å². The molecule has 0 aliphatic carbocycles. The average Bonchev–Trinajstić information content (AvgIpc) is 2.80. The van der Waals surface area contributed by atoms with Gasteiger partial charge in [0, 0.05) is 0 Å². The molecule has 3 rings (SSSR count). The molecule has 0 aliphatic heterocycles. The van der Waals surface area contributed by atoms with E-state index >= 15 is 0 Å². The molecule has 0 aromatic heterocycles. The van der Waals surface area contributed by atoms with Crippen molar-refractivity contribution in [2.24, 2.45) is 0 Å². The van der Waals surface area contributed by atoms with Crippen LogP contribution in [0.5, 0.6) is 28.7 Å². The van der Waals surface area contributed by atoms with Crippen LogP contribution >= 0.6 is 0 Å². The van der Waals surface area contributed by atoms with Crippen LogP contribution in [-0.2, 0) is 19.4 Å². The number of benzene rings is 3. The first-order valence-corrected chi connectivity index (χ1v) is 10.1. The highest BCUT2D eigenvalue weighted by molar-refractivity contribution is 5.55. The van der Waals surface area contributed by atoms with Gasteiger partial charge < -0.3 is 18.9 Å². The Bertz CT molecular complexity index is 1000. The van der Waals surface area contributed by atoms with Gasteiger partial charge in [0.25, 0.3) is 0 Å². The van der Waals surface area contributed by atoms with Crippen molar-refractivity contribution in [3.8, 4) is 28.7 Å². The predicted octanol–water partition coefficient (Wildman–Crippen LogP) is 6.53. The summed E-state index contributed by atoms with van der Waals surface area (Å²) in [6.45, 7) is 7.99. The fraction of sp³-hybridized carbons (Fsp3) is 0.185. The molecule has 0 radical (unpaired) electrons. The summed E-state index contributed by atoms with van der Waals surface area (Å²) in [6.07, 6.45) is 5.24. The topological polar surface area (TPSA) is 36.9 Å². The standard InChI is InChI=1S/C27H28O4/c1-5-7-20-9-15-24(16-10-20)31-26-18-22(8-6-2)17-25(29-4)27(26)30-19-21-11-13-23(28-3)14-12-21/h5-6,9-18H,1-2,7-8,19H2,3-4H3. The lowest BCUT2D eigenvalue weighted by Crippen LogP contribution is -2.01. The third-order valence-electron chi connectivity index (χ3n) is 4.75. The van der Waals surface area contributed by atoms with Gasteiger partial charge in [-0.15, -0.1) is 13.2 Å². The molecule has 0 atom stereocenters. The minimum atomic E-state index is 0.371. The quantitative estimate of drug-likeness (QED) is 0.333. The van der Waals surface area contributed by atoms with Crippen LogP contribution in [0.2, 0.25) is 0 Å². The van der Waals surface area contributed by atoms with Gasteiger partial charge in [0.2, 0.25) is 5.75 Å². The van der Waals surface area contributed by atoms with Gasteiger partial charge in [-0.2, -0.15) is 0 Å². The Hall–Kier alpha value is -3.66. The van der Waals surface area contributed by atoms with Crippen LogP contribution in [0.1, 0.15) is 16.7 Å². The zero-order chi connectivity index (χ0) is 22.1. The van der Waals surface area contributed by atoms with Crippen LogP contribution in [0, 0.1) is 0 Å². The summed E-state index contributed by atoms with van der Waals surface area (Å²) in [6, 6.07) is 19.6. The Kier molecular flexibility index (Phi) is 7.77. The van der Waals surface area contributed by atoms with E-state index in [-0.39, 0.29) is 0 Å². The minimum Gasteiger partial charge on any atom is -0.497 e. The molecule has 0 fully saturated rings. The number of allylic oxidation sites excluding steroid dienone is 2. The van der Waals surface area contributed by atoms with Crippen LogP contribution in [0.3, 0.4) is 0 Å². The minimum absolute atomic E-state index is 0.371. The van der Waals surface area contributed by atoms with E-state index in [9.17, 15) is 0 Å². The molecule has 4 heteroatoms. The molecule has 0 unspecified atom stereocenters. The zero-order valence-corrected chi connectivity index (χ0v) is 18.1. The average molecular weight is 417 g/mol. The summed E-state index contributed by atoms with van der Waals surface area (Å²) >= 11 is 0. The number of hydrogen-bond donors (Lipinski definition) is 0. The molecule has 0 amide bonds. The molecule has 31 heavy (non-hydrogen) atoms. The molecule has 3 aromatic rings. The fourth-order valence-corrected chi connectivity index (χ4v) is 3.15. The molecular formula is C27H28O4. The van der Waals surface area contributed by atoms with E-state index in [1.54, 1.807) is 14.2 Å². The molecular weight excluding hydrogens is 388 g/mol. The van der Waals surface area contributed by atoms with E-state index in [2.05, 4.69) is 13.2 Å². The largest absolute Gasteiger partial charge is 0.497 e. The predicted molar refractivity (Wildman–Crippen MR) is 125 cm³/mol. The van der Waals surface area contributed by atoms with Crippen molar-refractivity contribution in [1.29, 1.82) is 0 Å². The third kappa shape index (κ3) is 5.92. The Morgan fingerprint density at radius 2 is 1.26 bits per heavy atom. The first-order chi connectivity index (χ1) is 15.2. The summed E-state index contributed by atoms with van der Waals surface area (Å²) < 4.78 is 23.2. The third-order valence-corrected chi connectivity index (χ3v) is 4.75. The van der Waals surface area contributed by atoms with Gasteiger partial charge in [0.15, 0.2) is 11.5 Å². The lowest BCUT2D eigenvalue weighted by atomic mass is 10.1. The second kappa shape index (κ2) is 10.9. The van der Waals surface area contributed by atoms with Gasteiger partial charge in [-0.25, -0.2) is 0 Å². The maximum absolute atomic E-state index is 6.21. The molecule has 0 N–H and O–H groups in total. The smallest absolute Gasteiger partial charge is 0.204 e. The van der Waals surface area contributed by atoms with Crippen LogP contribution < -0.4 is 18.9 Å². The Balaban J connectivity index is 1.89. The molecule has 0 bridgehead atoms. The van der Waals surface area contributed by atoms with Gasteiger partial charge in [-0.3, -0.25) is 0 Å². The van der Waals surface area contributed by atoms with E-state index < -0.39 is 0 Å². The summed E-state index contributed by atoms with van der Waals surface area (Å²) in [7, 11) is 3.27. The lowest BCUT2D eigenvalue weighted by molar-refractivity contribution is 0.271. The SMILES string of the molecule is C=CCc1ccc(Oc2cc(CC=C)cc(OC)c2OCc2ccc(OC)cc2)cc1. The molecule has 0 saturated heterocycles. The summed E-state index contributed by atoms with van der Waals surface area (Å²) in [5.41, 5.74) is 3.22.